The molecule has 0 aliphatic rings. The van der Waals surface area contributed by atoms with Crippen LogP contribution in [0.4, 0.5) is 27.5 Å². The summed E-state index contributed by atoms with van der Waals surface area (Å²) in [6, 6.07) is 10.7. The Bertz CT molecular complexity index is 849. The first-order valence-electron chi connectivity index (χ1n) is 7.73. The molecule has 2 aromatic heterocycles. The standard InChI is InChI=1S/C17H19FN6O/c1-10-8-16(24-23-10)21-15-7-6-13(19)17(22-15)20-14(9-25)11-2-4-12(18)5-3-11/h2-8,14,25H,9,19H2,1H3,(H3,20,21,22,23,24)/t14-/m0/s1. The van der Waals surface area contributed by atoms with Crippen molar-refractivity contribution in [3.8, 4) is 0 Å². The molecule has 3 aromatic rings. The van der Waals surface area contributed by atoms with Gasteiger partial charge in [-0.25, -0.2) is 9.37 Å². The minimum absolute atomic E-state index is 0.191. The van der Waals surface area contributed by atoms with E-state index in [1.165, 1.54) is 12.1 Å². The highest BCUT2D eigenvalue weighted by atomic mass is 19.1. The number of benzene rings is 1. The number of aromatic amines is 1. The van der Waals surface area contributed by atoms with E-state index in [0.717, 1.165) is 11.3 Å². The number of hydrogen-bond donors (Lipinski definition) is 5. The van der Waals surface area contributed by atoms with Crippen LogP contribution in [0, 0.1) is 12.7 Å². The number of nitrogen functional groups attached to an aromatic ring is 1. The van der Waals surface area contributed by atoms with Crippen molar-refractivity contribution in [1.82, 2.24) is 15.2 Å². The molecule has 2 heterocycles. The Morgan fingerprint density at radius 1 is 1.20 bits per heavy atom. The second-order valence-electron chi connectivity index (χ2n) is 5.63. The Hall–Kier alpha value is -3.13. The van der Waals surface area contributed by atoms with Crippen molar-refractivity contribution in [3.05, 3.63) is 59.5 Å². The van der Waals surface area contributed by atoms with Gasteiger partial charge >= 0.3 is 0 Å². The van der Waals surface area contributed by atoms with Gasteiger partial charge < -0.3 is 21.5 Å². The number of aliphatic hydroxyl groups is 1. The van der Waals surface area contributed by atoms with Gasteiger partial charge in [0.2, 0.25) is 0 Å². The van der Waals surface area contributed by atoms with Gasteiger partial charge in [0.1, 0.15) is 11.6 Å². The van der Waals surface area contributed by atoms with E-state index >= 15 is 0 Å². The zero-order valence-electron chi connectivity index (χ0n) is 13.6. The number of anilines is 4. The number of nitrogens with one attached hydrogen (secondary N) is 3. The third-order valence-electron chi connectivity index (χ3n) is 3.65. The van der Waals surface area contributed by atoms with E-state index in [4.69, 9.17) is 5.73 Å². The molecule has 0 amide bonds. The van der Waals surface area contributed by atoms with E-state index < -0.39 is 6.04 Å². The number of aromatic nitrogens is 3. The molecule has 0 spiro atoms. The van der Waals surface area contributed by atoms with Gasteiger partial charge in [-0.05, 0) is 36.8 Å². The lowest BCUT2D eigenvalue weighted by molar-refractivity contribution is 0.276. The monoisotopic (exact) mass is 342 g/mol. The quantitative estimate of drug-likeness (QED) is 0.471. The van der Waals surface area contributed by atoms with Gasteiger partial charge in [-0.15, -0.1) is 0 Å². The Morgan fingerprint density at radius 2 is 1.96 bits per heavy atom. The van der Waals surface area contributed by atoms with E-state index in [9.17, 15) is 9.50 Å². The summed E-state index contributed by atoms with van der Waals surface area (Å²) >= 11 is 0. The van der Waals surface area contributed by atoms with E-state index in [1.54, 1.807) is 24.3 Å². The maximum Gasteiger partial charge on any atom is 0.153 e. The second-order valence-corrected chi connectivity index (χ2v) is 5.63. The van der Waals surface area contributed by atoms with Crippen LogP contribution in [0.25, 0.3) is 0 Å². The highest BCUT2D eigenvalue weighted by Crippen LogP contribution is 2.25. The van der Waals surface area contributed by atoms with E-state index in [0.29, 0.717) is 23.1 Å². The summed E-state index contributed by atoms with van der Waals surface area (Å²) in [6.07, 6.45) is 0. The fraction of sp³-hybridized carbons (Fsp3) is 0.176. The van der Waals surface area contributed by atoms with Crippen molar-refractivity contribution < 1.29 is 9.50 Å². The van der Waals surface area contributed by atoms with Crippen molar-refractivity contribution in [3.63, 3.8) is 0 Å². The molecular formula is C17H19FN6O. The lowest BCUT2D eigenvalue weighted by atomic mass is 10.1. The zero-order chi connectivity index (χ0) is 17.8. The van der Waals surface area contributed by atoms with E-state index in [2.05, 4.69) is 25.8 Å². The van der Waals surface area contributed by atoms with E-state index in [1.807, 2.05) is 13.0 Å². The lowest BCUT2D eigenvalue weighted by Crippen LogP contribution is -2.17. The third kappa shape index (κ3) is 4.04. The molecule has 0 saturated carbocycles. The Labute approximate surface area is 144 Å². The number of hydrogen-bond acceptors (Lipinski definition) is 6. The van der Waals surface area contributed by atoms with Gasteiger partial charge in [-0.3, -0.25) is 5.10 Å². The number of nitrogens with two attached hydrogens (primary N) is 1. The summed E-state index contributed by atoms with van der Waals surface area (Å²) in [5.74, 6) is 1.27. The highest BCUT2D eigenvalue weighted by Gasteiger charge is 2.13. The number of H-pyrrole nitrogens is 1. The van der Waals surface area contributed by atoms with Crippen LogP contribution >= 0.6 is 0 Å². The molecule has 25 heavy (non-hydrogen) atoms. The first kappa shape index (κ1) is 16.7. The molecule has 0 bridgehead atoms. The van der Waals surface area contributed by atoms with Gasteiger partial charge in [-0.1, -0.05) is 12.1 Å². The molecule has 1 atom stereocenters. The molecule has 6 N–H and O–H groups in total. The SMILES string of the molecule is Cc1cc(Nc2ccc(N)c(N[C@@H](CO)c3ccc(F)cc3)n2)n[nH]1. The molecule has 8 heteroatoms. The predicted octanol–water partition coefficient (Wildman–Crippen LogP) is 2.72. The average Bonchev–Trinajstić information content (AvgIpc) is 3.01. The number of pyridine rings is 1. The summed E-state index contributed by atoms with van der Waals surface area (Å²) in [7, 11) is 0. The summed E-state index contributed by atoms with van der Waals surface area (Å²) in [5, 5.41) is 22.7. The predicted molar refractivity (Wildman–Crippen MR) is 95.1 cm³/mol. The first-order valence-corrected chi connectivity index (χ1v) is 7.73. The molecule has 130 valence electrons. The number of nitrogens with zero attached hydrogens (tertiary/aromatic N) is 2. The average molecular weight is 342 g/mol. The maximum atomic E-state index is 13.1. The Morgan fingerprint density at radius 3 is 2.60 bits per heavy atom. The molecule has 0 radical (unpaired) electrons. The van der Waals surface area contributed by atoms with Gasteiger partial charge in [0.15, 0.2) is 11.6 Å². The van der Waals surface area contributed by atoms with Crippen molar-refractivity contribution in [2.75, 3.05) is 23.0 Å². The summed E-state index contributed by atoms with van der Waals surface area (Å²) in [4.78, 5) is 4.42. The van der Waals surface area contributed by atoms with Crippen LogP contribution in [0.3, 0.4) is 0 Å². The molecule has 1 aromatic carbocycles. The number of rotatable bonds is 6. The van der Waals surface area contributed by atoms with Crippen LogP contribution in [-0.2, 0) is 0 Å². The minimum Gasteiger partial charge on any atom is -0.396 e. The van der Waals surface area contributed by atoms with Crippen molar-refractivity contribution in [2.45, 2.75) is 13.0 Å². The molecule has 0 saturated heterocycles. The molecule has 7 nitrogen and oxygen atoms in total. The zero-order valence-corrected chi connectivity index (χ0v) is 13.6. The second kappa shape index (κ2) is 7.18. The van der Waals surface area contributed by atoms with Crippen LogP contribution < -0.4 is 16.4 Å². The summed E-state index contributed by atoms with van der Waals surface area (Å²) in [6.45, 7) is 1.71. The fourth-order valence-corrected chi connectivity index (χ4v) is 2.36. The molecule has 0 unspecified atom stereocenters. The van der Waals surface area contributed by atoms with Crippen LogP contribution in [-0.4, -0.2) is 26.9 Å². The summed E-state index contributed by atoms with van der Waals surface area (Å²) < 4.78 is 13.1. The van der Waals surface area contributed by atoms with E-state index in [-0.39, 0.29) is 12.4 Å². The highest BCUT2D eigenvalue weighted by molar-refractivity contribution is 5.67. The Kier molecular flexibility index (Phi) is 4.80. The largest absolute Gasteiger partial charge is 0.396 e. The molecule has 0 aliphatic carbocycles. The summed E-state index contributed by atoms with van der Waals surface area (Å²) in [5.41, 5.74) is 8.06. The maximum absolute atomic E-state index is 13.1. The Balaban J connectivity index is 1.80. The number of halogens is 1. The van der Waals surface area contributed by atoms with Gasteiger partial charge in [-0.2, -0.15) is 5.10 Å². The van der Waals surface area contributed by atoms with Crippen LogP contribution in [0.15, 0.2) is 42.5 Å². The third-order valence-corrected chi connectivity index (χ3v) is 3.65. The van der Waals surface area contributed by atoms with Crippen molar-refractivity contribution >= 4 is 23.1 Å². The topological polar surface area (TPSA) is 112 Å². The van der Waals surface area contributed by atoms with Gasteiger partial charge in [0, 0.05) is 11.8 Å². The molecule has 0 aliphatic heterocycles. The fourth-order valence-electron chi connectivity index (χ4n) is 2.36. The minimum atomic E-state index is -0.460. The number of aryl methyl sites for hydroxylation is 1. The first-order chi connectivity index (χ1) is 12.0. The lowest BCUT2D eigenvalue weighted by Gasteiger charge is -2.19. The molecule has 0 fully saturated rings. The number of aliphatic hydroxyl groups excluding tert-OH is 1. The van der Waals surface area contributed by atoms with Gasteiger partial charge in [0.05, 0.1) is 18.3 Å². The smallest absolute Gasteiger partial charge is 0.153 e. The molecular weight excluding hydrogens is 323 g/mol. The van der Waals surface area contributed by atoms with Crippen LogP contribution in [0.1, 0.15) is 17.3 Å². The normalized spacial score (nSPS) is 12.0. The van der Waals surface area contributed by atoms with Crippen LogP contribution in [0.2, 0.25) is 0 Å². The molecule has 3 rings (SSSR count). The van der Waals surface area contributed by atoms with Crippen LogP contribution in [0.5, 0.6) is 0 Å². The van der Waals surface area contributed by atoms with Crippen molar-refractivity contribution in [1.29, 1.82) is 0 Å². The van der Waals surface area contributed by atoms with Crippen molar-refractivity contribution in [2.24, 2.45) is 0 Å². The van der Waals surface area contributed by atoms with Gasteiger partial charge in [0.25, 0.3) is 0 Å².